The number of anilines is 1. The third kappa shape index (κ3) is 3.28. The second-order valence-electron chi connectivity index (χ2n) is 4.78. The second kappa shape index (κ2) is 6.22. The lowest BCUT2D eigenvalue weighted by atomic mass is 10.2. The van der Waals surface area contributed by atoms with Crippen LogP contribution in [0.15, 0.2) is 12.1 Å². The molecule has 2 rings (SSSR count). The number of benzene rings is 1. The first-order valence-electron chi connectivity index (χ1n) is 6.48. The highest BCUT2D eigenvalue weighted by molar-refractivity contribution is 6.32. The highest BCUT2D eigenvalue weighted by Crippen LogP contribution is 2.35. The zero-order valence-corrected chi connectivity index (χ0v) is 12.7. The molecule has 0 aromatic heterocycles. The number of hydrogen-bond acceptors (Lipinski definition) is 4. The van der Waals surface area contributed by atoms with Crippen molar-refractivity contribution >= 4 is 23.2 Å². The molecule has 0 unspecified atom stereocenters. The van der Waals surface area contributed by atoms with E-state index in [4.69, 9.17) is 21.1 Å². The van der Waals surface area contributed by atoms with E-state index in [-0.39, 0.29) is 12.5 Å². The lowest BCUT2D eigenvalue weighted by Gasteiger charge is -2.18. The van der Waals surface area contributed by atoms with Gasteiger partial charge in [-0.05, 0) is 12.8 Å². The van der Waals surface area contributed by atoms with Crippen LogP contribution in [-0.2, 0) is 4.79 Å². The molecule has 1 aliphatic rings. The van der Waals surface area contributed by atoms with E-state index in [0.717, 1.165) is 12.8 Å². The zero-order chi connectivity index (χ0) is 14.7. The quantitative estimate of drug-likeness (QED) is 0.876. The Morgan fingerprint density at radius 3 is 2.55 bits per heavy atom. The van der Waals surface area contributed by atoms with Gasteiger partial charge in [-0.25, -0.2) is 0 Å². The molecule has 20 heavy (non-hydrogen) atoms. The maximum absolute atomic E-state index is 12.0. The van der Waals surface area contributed by atoms with Crippen LogP contribution in [0, 0.1) is 0 Å². The van der Waals surface area contributed by atoms with Crippen molar-refractivity contribution in [3.63, 3.8) is 0 Å². The number of nitrogens with zero attached hydrogens (tertiary/aromatic N) is 1. The number of amides is 1. The van der Waals surface area contributed by atoms with Gasteiger partial charge in [0.2, 0.25) is 5.91 Å². The van der Waals surface area contributed by atoms with Gasteiger partial charge < -0.3 is 19.7 Å². The Labute approximate surface area is 123 Å². The number of nitrogens with one attached hydrogen (secondary N) is 1. The van der Waals surface area contributed by atoms with Crippen LogP contribution < -0.4 is 14.8 Å². The molecule has 0 spiro atoms. The fourth-order valence-electron chi connectivity index (χ4n) is 1.96. The molecule has 1 aromatic carbocycles. The van der Waals surface area contributed by atoms with Crippen LogP contribution in [0.1, 0.15) is 12.8 Å². The number of likely N-dealkylation sites (N-methyl/N-ethyl adjacent to an activating group) is 1. The normalized spacial score (nSPS) is 13.8. The van der Waals surface area contributed by atoms with Gasteiger partial charge >= 0.3 is 0 Å². The molecule has 110 valence electrons. The molecule has 1 amide bonds. The van der Waals surface area contributed by atoms with Crippen molar-refractivity contribution < 1.29 is 14.3 Å². The summed E-state index contributed by atoms with van der Waals surface area (Å²) in [5.41, 5.74) is 0.686. The van der Waals surface area contributed by atoms with E-state index in [9.17, 15) is 4.79 Å². The van der Waals surface area contributed by atoms with Crippen molar-refractivity contribution in [2.45, 2.75) is 18.9 Å². The molecule has 0 atom stereocenters. The average molecular weight is 299 g/mol. The van der Waals surface area contributed by atoms with E-state index in [0.29, 0.717) is 28.3 Å². The zero-order valence-electron chi connectivity index (χ0n) is 11.9. The summed E-state index contributed by atoms with van der Waals surface area (Å²) < 4.78 is 10.4. The Morgan fingerprint density at radius 1 is 1.35 bits per heavy atom. The summed E-state index contributed by atoms with van der Waals surface area (Å²) in [6.07, 6.45) is 2.20. The Bertz CT molecular complexity index is 503. The first-order chi connectivity index (χ1) is 9.56. The SMILES string of the molecule is COc1cc(NCC(=O)N(C)C2CC2)c(OC)cc1Cl. The van der Waals surface area contributed by atoms with E-state index in [2.05, 4.69) is 5.32 Å². The van der Waals surface area contributed by atoms with Crippen molar-refractivity contribution in [3.05, 3.63) is 17.2 Å². The number of halogens is 1. The Kier molecular flexibility index (Phi) is 4.60. The lowest BCUT2D eigenvalue weighted by molar-refractivity contribution is -0.128. The van der Waals surface area contributed by atoms with E-state index >= 15 is 0 Å². The molecule has 0 bridgehead atoms. The van der Waals surface area contributed by atoms with Gasteiger partial charge in [-0.15, -0.1) is 0 Å². The second-order valence-corrected chi connectivity index (χ2v) is 5.18. The number of hydrogen-bond donors (Lipinski definition) is 1. The molecule has 1 N–H and O–H groups in total. The van der Waals surface area contributed by atoms with Gasteiger partial charge in [0.25, 0.3) is 0 Å². The highest BCUT2D eigenvalue weighted by Gasteiger charge is 2.29. The molecule has 5 nitrogen and oxygen atoms in total. The van der Waals surface area contributed by atoms with Gasteiger partial charge in [-0.2, -0.15) is 0 Å². The third-order valence-corrected chi connectivity index (χ3v) is 3.69. The molecular formula is C14H19ClN2O3. The lowest BCUT2D eigenvalue weighted by Crippen LogP contribution is -2.33. The van der Waals surface area contributed by atoms with Crippen LogP contribution >= 0.6 is 11.6 Å². The Balaban J connectivity index is 2.05. The van der Waals surface area contributed by atoms with E-state index < -0.39 is 0 Å². The van der Waals surface area contributed by atoms with Gasteiger partial charge in [0, 0.05) is 25.2 Å². The van der Waals surface area contributed by atoms with Crippen LogP contribution in [0.4, 0.5) is 5.69 Å². The minimum absolute atomic E-state index is 0.0588. The van der Waals surface area contributed by atoms with Crippen molar-refractivity contribution in [2.24, 2.45) is 0 Å². The summed E-state index contributed by atoms with van der Waals surface area (Å²) in [4.78, 5) is 13.8. The molecule has 6 heteroatoms. The summed E-state index contributed by atoms with van der Waals surface area (Å²) in [6.45, 7) is 0.216. The first kappa shape index (κ1) is 14.8. The molecule has 0 aliphatic heterocycles. The standard InChI is InChI=1S/C14H19ClN2O3/c1-17(9-4-5-9)14(18)8-16-11-7-12(19-2)10(15)6-13(11)20-3/h6-7,9,16H,4-5,8H2,1-3H3. The smallest absolute Gasteiger partial charge is 0.241 e. The van der Waals surface area contributed by atoms with E-state index in [1.54, 1.807) is 31.3 Å². The van der Waals surface area contributed by atoms with Crippen molar-refractivity contribution in [3.8, 4) is 11.5 Å². The van der Waals surface area contributed by atoms with Gasteiger partial charge in [0.05, 0.1) is 31.5 Å². The highest BCUT2D eigenvalue weighted by atomic mass is 35.5. The van der Waals surface area contributed by atoms with Crippen LogP contribution in [0.2, 0.25) is 5.02 Å². The topological polar surface area (TPSA) is 50.8 Å². The van der Waals surface area contributed by atoms with Crippen LogP contribution in [0.3, 0.4) is 0 Å². The fourth-order valence-corrected chi connectivity index (χ4v) is 2.19. The molecule has 1 aliphatic carbocycles. The molecule has 0 heterocycles. The van der Waals surface area contributed by atoms with Crippen LogP contribution in [0.25, 0.3) is 0 Å². The van der Waals surface area contributed by atoms with Crippen molar-refractivity contribution in [1.82, 2.24) is 4.90 Å². The molecule has 1 fully saturated rings. The number of carbonyl (C=O) groups excluding carboxylic acids is 1. The van der Waals surface area contributed by atoms with Crippen LogP contribution in [-0.4, -0.2) is 44.7 Å². The maximum atomic E-state index is 12.0. The first-order valence-corrected chi connectivity index (χ1v) is 6.85. The summed E-state index contributed by atoms with van der Waals surface area (Å²) in [5, 5.41) is 3.54. The number of carbonyl (C=O) groups is 1. The molecule has 0 radical (unpaired) electrons. The number of rotatable bonds is 6. The van der Waals surface area contributed by atoms with Crippen molar-refractivity contribution in [2.75, 3.05) is 33.1 Å². The van der Waals surface area contributed by atoms with Gasteiger partial charge in [0.1, 0.15) is 11.5 Å². The average Bonchev–Trinajstić information content (AvgIpc) is 3.28. The maximum Gasteiger partial charge on any atom is 0.241 e. The summed E-state index contributed by atoms with van der Waals surface area (Å²) in [5.74, 6) is 1.18. The van der Waals surface area contributed by atoms with E-state index in [1.807, 2.05) is 7.05 Å². The fraction of sp³-hybridized carbons (Fsp3) is 0.500. The number of ether oxygens (including phenoxy) is 2. The van der Waals surface area contributed by atoms with Gasteiger partial charge in [-0.3, -0.25) is 4.79 Å². The van der Waals surface area contributed by atoms with Crippen LogP contribution in [0.5, 0.6) is 11.5 Å². The summed E-state index contributed by atoms with van der Waals surface area (Å²) in [6, 6.07) is 3.80. The van der Waals surface area contributed by atoms with E-state index in [1.165, 1.54) is 0 Å². The molecule has 0 saturated heterocycles. The predicted molar refractivity (Wildman–Crippen MR) is 78.8 cm³/mol. The largest absolute Gasteiger partial charge is 0.495 e. The molecular weight excluding hydrogens is 280 g/mol. The minimum Gasteiger partial charge on any atom is -0.495 e. The Hall–Kier alpha value is -1.62. The molecule has 1 saturated carbocycles. The third-order valence-electron chi connectivity index (χ3n) is 3.39. The summed E-state index contributed by atoms with van der Waals surface area (Å²) >= 11 is 6.04. The monoisotopic (exact) mass is 298 g/mol. The predicted octanol–water partition coefficient (Wildman–Crippen LogP) is 2.39. The molecule has 1 aromatic rings. The van der Waals surface area contributed by atoms with Crippen molar-refractivity contribution in [1.29, 1.82) is 0 Å². The summed E-state index contributed by atoms with van der Waals surface area (Å²) in [7, 11) is 4.94. The number of methoxy groups -OCH3 is 2. The van der Waals surface area contributed by atoms with Gasteiger partial charge in [-0.1, -0.05) is 11.6 Å². The van der Waals surface area contributed by atoms with Gasteiger partial charge in [0.15, 0.2) is 0 Å². The Morgan fingerprint density at radius 2 is 2.00 bits per heavy atom. The minimum atomic E-state index is 0.0588.